The monoisotopic (exact) mass is 785 g/mol. The highest BCUT2D eigenvalue weighted by atomic mass is 127. The van der Waals surface area contributed by atoms with Crippen molar-refractivity contribution in [2.45, 2.75) is 64.3 Å². The zero-order valence-corrected chi connectivity index (χ0v) is 29.9. The normalized spacial score (nSPS) is 15.8. The first kappa shape index (κ1) is 36.4. The fourth-order valence-corrected chi connectivity index (χ4v) is 7.25. The molecule has 1 fully saturated rings. The zero-order chi connectivity index (χ0) is 34.6. The molecule has 0 spiro atoms. The van der Waals surface area contributed by atoms with Gasteiger partial charge >= 0.3 is 6.18 Å². The molecule has 0 bridgehead atoms. The van der Waals surface area contributed by atoms with Gasteiger partial charge in [-0.1, -0.05) is 86.5 Å². The van der Waals surface area contributed by atoms with Gasteiger partial charge in [0.1, 0.15) is 27.3 Å². The van der Waals surface area contributed by atoms with Crippen molar-refractivity contribution in [3.8, 4) is 0 Å². The zero-order valence-electron chi connectivity index (χ0n) is 27.7. The molecule has 2 aliphatic heterocycles. The van der Waals surface area contributed by atoms with Crippen LogP contribution < -0.4 is 3.53 Å². The molecule has 2 heterocycles. The van der Waals surface area contributed by atoms with Crippen molar-refractivity contribution in [1.82, 2.24) is 18.2 Å². The summed E-state index contributed by atoms with van der Waals surface area (Å²) in [5.41, 5.74) is 3.87. The summed E-state index contributed by atoms with van der Waals surface area (Å²) in [7, 11) is 0. The maximum atomic E-state index is 14.4. The lowest BCUT2D eigenvalue weighted by Crippen LogP contribution is -2.55. The van der Waals surface area contributed by atoms with Crippen molar-refractivity contribution in [2.24, 2.45) is 3.15 Å². The highest BCUT2D eigenvalue weighted by Crippen LogP contribution is 2.29. The van der Waals surface area contributed by atoms with Gasteiger partial charge in [-0.25, -0.2) is 3.15 Å². The molecule has 1 atom stereocenters. The Kier molecular flexibility index (Phi) is 13.2. The molecule has 0 aromatic heterocycles. The minimum absolute atomic E-state index is 0.125. The summed E-state index contributed by atoms with van der Waals surface area (Å²) in [6, 6.07) is 22.3. The smallest absolute Gasteiger partial charge is 0.338 e. The van der Waals surface area contributed by atoms with Crippen LogP contribution in [-0.4, -0.2) is 58.7 Å². The van der Waals surface area contributed by atoms with Gasteiger partial charge < -0.3 is 13.3 Å². The Balaban J connectivity index is 1.38. The quantitative estimate of drug-likeness (QED) is 0.0777. The van der Waals surface area contributed by atoms with Crippen molar-refractivity contribution >= 4 is 39.2 Å². The number of rotatable bonds is 14. The molecule has 3 aromatic carbocycles. The highest BCUT2D eigenvalue weighted by Gasteiger charge is 2.35. The van der Waals surface area contributed by atoms with Crippen molar-refractivity contribution < 1.29 is 22.8 Å². The largest absolute Gasteiger partial charge is 0.416 e. The lowest BCUT2D eigenvalue weighted by Gasteiger charge is -2.39. The Bertz CT molecular complexity index is 1620. The lowest BCUT2D eigenvalue weighted by molar-refractivity contribution is -0.145. The summed E-state index contributed by atoms with van der Waals surface area (Å²) in [5, 5.41) is 0. The van der Waals surface area contributed by atoms with E-state index in [9.17, 15) is 22.8 Å². The van der Waals surface area contributed by atoms with Crippen LogP contribution in [0.25, 0.3) is 6.08 Å². The van der Waals surface area contributed by atoms with Crippen LogP contribution in [-0.2, 0) is 35.3 Å². The Morgan fingerprint density at radius 3 is 2.24 bits per heavy atom. The number of nitrogens with one attached hydrogen (secondary N) is 1. The SMILES string of the molecule is CCCCCc1ccc(CN(C(=O)/C=C/c2ccc(C(F)(F)F)cc2)[C@@H](CC2=CN=IN2)C(=O)N2CCN(Cc3ccccc3)CC2)cc1. The Morgan fingerprint density at radius 2 is 1.61 bits per heavy atom. The molecule has 7 nitrogen and oxygen atoms in total. The second-order valence-corrected chi connectivity index (χ2v) is 14.0. The van der Waals surface area contributed by atoms with Gasteiger partial charge in [0.25, 0.3) is 0 Å². The van der Waals surface area contributed by atoms with Crippen LogP contribution in [0.5, 0.6) is 0 Å². The number of piperazine rings is 1. The fraction of sp³-hybridized carbons (Fsp3) is 0.368. The summed E-state index contributed by atoms with van der Waals surface area (Å²) in [6.45, 7) is 5.71. The maximum absolute atomic E-state index is 14.4. The number of nitrogens with zero attached hydrogens (tertiary/aromatic N) is 4. The minimum atomic E-state index is -4.45. The van der Waals surface area contributed by atoms with Crippen LogP contribution >= 0.6 is 21.3 Å². The van der Waals surface area contributed by atoms with E-state index < -0.39 is 45.0 Å². The third-order valence-corrected chi connectivity index (χ3v) is 10.3. The van der Waals surface area contributed by atoms with Gasteiger partial charge in [0, 0.05) is 57.5 Å². The molecular formula is C38H43F3IN5O2. The van der Waals surface area contributed by atoms with E-state index in [1.165, 1.54) is 35.4 Å². The Labute approximate surface area is 297 Å². The topological polar surface area (TPSA) is 68.2 Å². The van der Waals surface area contributed by atoms with E-state index in [2.05, 4.69) is 42.8 Å². The predicted molar refractivity (Wildman–Crippen MR) is 195 cm³/mol. The van der Waals surface area contributed by atoms with Gasteiger partial charge in [-0.15, -0.1) is 0 Å². The molecule has 3 aromatic rings. The molecule has 0 unspecified atom stereocenters. The lowest BCUT2D eigenvalue weighted by atomic mass is 10.0. The number of hydrogen-bond acceptors (Lipinski definition) is 5. The van der Waals surface area contributed by atoms with Gasteiger partial charge in [-0.3, -0.25) is 14.5 Å². The average molecular weight is 786 g/mol. The Hall–Kier alpha value is -3.84. The van der Waals surface area contributed by atoms with Gasteiger partial charge in [-0.2, -0.15) is 13.2 Å². The predicted octanol–water partition coefficient (Wildman–Crippen LogP) is 8.10. The minimum Gasteiger partial charge on any atom is -0.338 e. The second kappa shape index (κ2) is 17.7. The molecule has 0 saturated carbocycles. The van der Waals surface area contributed by atoms with E-state index in [4.69, 9.17) is 0 Å². The standard InChI is InChI=1S/C38H43F3IN5O2/c1-2-3-5-8-29-11-13-32(14-12-29)28-47(36(48)20-17-30-15-18-33(19-16-30)38(39,40)41)35(25-34-26-43-42-44-34)37(49)46-23-21-45(22-24-46)27-31-9-6-4-7-10-31/h4,6-7,9-20,26,35H,2-3,5,8,21-25,27-28H2,1H3,(H,43,44)/b20-17+/t35-/m0/s1. The van der Waals surface area contributed by atoms with Crippen molar-refractivity contribution in [3.63, 3.8) is 0 Å². The summed E-state index contributed by atoms with van der Waals surface area (Å²) in [4.78, 5) is 34.3. The van der Waals surface area contributed by atoms with Gasteiger partial charge in [0.05, 0.1) is 11.8 Å². The third-order valence-electron chi connectivity index (χ3n) is 8.81. The summed E-state index contributed by atoms with van der Waals surface area (Å²) in [5.74, 6) is -0.516. The highest BCUT2D eigenvalue weighted by molar-refractivity contribution is 14.1. The molecule has 5 rings (SSSR count). The van der Waals surface area contributed by atoms with Crippen LogP contribution in [0.4, 0.5) is 13.2 Å². The average Bonchev–Trinajstić information content (AvgIpc) is 3.63. The number of carbonyl (C=O) groups excluding carboxylic acids is 2. The first-order valence-corrected chi connectivity index (χ1v) is 18.8. The molecule has 1 N–H and O–H groups in total. The van der Waals surface area contributed by atoms with Crippen LogP contribution in [0, 0.1) is 0 Å². The molecule has 49 heavy (non-hydrogen) atoms. The van der Waals surface area contributed by atoms with Crippen molar-refractivity contribution in [2.75, 3.05) is 26.2 Å². The number of carbonyl (C=O) groups is 2. The summed E-state index contributed by atoms with van der Waals surface area (Å²) >= 11 is -0.588. The molecule has 0 radical (unpaired) electrons. The molecule has 1 saturated heterocycles. The third kappa shape index (κ3) is 10.8. The van der Waals surface area contributed by atoms with Crippen LogP contribution in [0.1, 0.15) is 60.4 Å². The number of benzene rings is 3. The van der Waals surface area contributed by atoms with E-state index in [1.807, 2.05) is 35.2 Å². The van der Waals surface area contributed by atoms with Crippen LogP contribution in [0.3, 0.4) is 0 Å². The van der Waals surface area contributed by atoms with Gasteiger partial charge in [-0.05, 0) is 53.3 Å². The summed E-state index contributed by atoms with van der Waals surface area (Å²) in [6.07, 6.45) is 4.87. The van der Waals surface area contributed by atoms with Crippen LogP contribution in [0.2, 0.25) is 0 Å². The number of alkyl halides is 3. The first-order valence-electron chi connectivity index (χ1n) is 16.8. The number of unbranched alkanes of at least 4 members (excludes halogenated alkanes) is 2. The molecule has 0 aliphatic carbocycles. The van der Waals surface area contributed by atoms with Gasteiger partial charge in [0.15, 0.2) is 0 Å². The number of hydrogen-bond donors (Lipinski definition) is 1. The molecule has 11 heteroatoms. The fourth-order valence-electron chi connectivity index (χ4n) is 5.97. The Morgan fingerprint density at radius 1 is 0.918 bits per heavy atom. The molecule has 2 amide bonds. The number of aryl methyl sites for hydroxylation is 1. The van der Waals surface area contributed by atoms with Gasteiger partial charge in [0.2, 0.25) is 11.8 Å². The molecular weight excluding hydrogens is 742 g/mol. The molecule has 260 valence electrons. The van der Waals surface area contributed by atoms with E-state index in [0.29, 0.717) is 25.1 Å². The maximum Gasteiger partial charge on any atom is 0.416 e. The second-order valence-electron chi connectivity index (χ2n) is 12.4. The van der Waals surface area contributed by atoms with E-state index in [0.717, 1.165) is 68.7 Å². The number of halogens is 4. The van der Waals surface area contributed by atoms with E-state index in [-0.39, 0.29) is 12.5 Å². The van der Waals surface area contributed by atoms with E-state index >= 15 is 0 Å². The summed E-state index contributed by atoms with van der Waals surface area (Å²) < 4.78 is 47.1. The van der Waals surface area contributed by atoms with Crippen molar-refractivity contribution in [3.05, 3.63) is 125 Å². The first-order chi connectivity index (χ1) is 23.7. The molecule has 2 aliphatic rings. The van der Waals surface area contributed by atoms with E-state index in [1.54, 1.807) is 11.1 Å². The number of amides is 2. The van der Waals surface area contributed by atoms with Crippen molar-refractivity contribution in [1.29, 1.82) is 0 Å². The van der Waals surface area contributed by atoms with Crippen LogP contribution in [0.15, 0.2) is 100.0 Å².